The number of nitrogens with one attached hydrogen (secondary N) is 2. The zero-order chi connectivity index (χ0) is 18.1. The molecule has 0 heterocycles. The number of nitrogens with zero attached hydrogens (tertiary/aromatic N) is 1. The molecule has 0 spiro atoms. The van der Waals surface area contributed by atoms with E-state index in [0.29, 0.717) is 0 Å². The van der Waals surface area contributed by atoms with Crippen LogP contribution in [-0.2, 0) is 9.59 Å². The van der Waals surface area contributed by atoms with Crippen LogP contribution in [0.3, 0.4) is 0 Å². The van der Waals surface area contributed by atoms with Gasteiger partial charge in [0.25, 0.3) is 5.91 Å². The zero-order valence-electron chi connectivity index (χ0n) is 13.3. The molecule has 25 heavy (non-hydrogen) atoms. The second kappa shape index (κ2) is 8.89. The first-order valence-corrected chi connectivity index (χ1v) is 7.58. The van der Waals surface area contributed by atoms with Crippen LogP contribution >= 0.6 is 0 Å². The van der Waals surface area contributed by atoms with E-state index >= 15 is 0 Å². The van der Waals surface area contributed by atoms with E-state index in [1.165, 1.54) is 0 Å². The number of carbonyl (C=O) groups excluding carboxylic acids is 1. The molecule has 6 nitrogen and oxygen atoms in total. The highest BCUT2D eigenvalue weighted by atomic mass is 16.4. The molecule has 0 aliphatic heterocycles. The maximum atomic E-state index is 12.4. The maximum Gasteiger partial charge on any atom is 0.322 e. The molecule has 2 aromatic carbocycles. The summed E-state index contributed by atoms with van der Waals surface area (Å²) in [5, 5.41) is 23.0. The summed E-state index contributed by atoms with van der Waals surface area (Å²) in [5.74, 6) is -1.67. The average molecular weight is 335 g/mol. The summed E-state index contributed by atoms with van der Waals surface area (Å²) in [6.07, 6.45) is 1.11. The van der Waals surface area contributed by atoms with Gasteiger partial charge >= 0.3 is 5.97 Å². The zero-order valence-corrected chi connectivity index (χ0v) is 13.3. The Morgan fingerprint density at radius 1 is 1.04 bits per heavy atom. The summed E-state index contributed by atoms with van der Waals surface area (Å²) in [6.45, 7) is -0.376. The van der Waals surface area contributed by atoms with Gasteiger partial charge in [-0.05, 0) is 11.1 Å². The fourth-order valence-corrected chi connectivity index (χ4v) is 2.25. The van der Waals surface area contributed by atoms with Crippen molar-refractivity contribution in [2.24, 2.45) is 0 Å². The minimum atomic E-state index is -1.08. The van der Waals surface area contributed by atoms with E-state index in [0.717, 1.165) is 17.3 Å². The van der Waals surface area contributed by atoms with Crippen LogP contribution in [0.25, 0.3) is 0 Å². The Kier molecular flexibility index (Phi) is 6.32. The number of hydrogen-bond donors (Lipinski definition) is 3. The number of carboxylic acid groups (broad SMARTS) is 1. The second-order valence-corrected chi connectivity index (χ2v) is 5.17. The molecule has 0 fully saturated rings. The van der Waals surface area contributed by atoms with Gasteiger partial charge in [-0.2, -0.15) is 5.26 Å². The Labute approximate surface area is 145 Å². The van der Waals surface area contributed by atoms with Gasteiger partial charge in [-0.1, -0.05) is 60.7 Å². The number of aliphatic carboxylic acids is 1. The van der Waals surface area contributed by atoms with E-state index in [1.54, 1.807) is 6.07 Å². The minimum absolute atomic E-state index is 0.196. The molecule has 0 bridgehead atoms. The van der Waals surface area contributed by atoms with Gasteiger partial charge in [0.05, 0.1) is 6.04 Å². The standard InChI is InChI=1S/C19H17N3O3/c20-11-16(12-21-13-17(23)24)19(25)22-18(14-7-3-1-4-8-14)15-9-5-2-6-10-15/h1-10,12,18,21H,13H2,(H,22,25)(H,23,24)/b16-12-. The lowest BCUT2D eigenvalue weighted by Gasteiger charge is -2.19. The first kappa shape index (κ1) is 17.8. The van der Waals surface area contributed by atoms with Crippen molar-refractivity contribution in [1.29, 1.82) is 5.26 Å². The Morgan fingerprint density at radius 3 is 2.00 bits per heavy atom. The van der Waals surface area contributed by atoms with Crippen molar-refractivity contribution in [1.82, 2.24) is 10.6 Å². The van der Waals surface area contributed by atoms with Crippen molar-refractivity contribution in [3.8, 4) is 6.07 Å². The molecule has 2 aromatic rings. The topological polar surface area (TPSA) is 102 Å². The van der Waals surface area contributed by atoms with Gasteiger partial charge in [-0.3, -0.25) is 9.59 Å². The maximum absolute atomic E-state index is 12.4. The highest BCUT2D eigenvalue weighted by Gasteiger charge is 2.19. The van der Waals surface area contributed by atoms with Crippen LogP contribution in [0, 0.1) is 11.3 Å². The minimum Gasteiger partial charge on any atom is -0.480 e. The Morgan fingerprint density at radius 2 is 1.56 bits per heavy atom. The van der Waals surface area contributed by atoms with Crippen LogP contribution in [0.4, 0.5) is 0 Å². The SMILES string of the molecule is N#C/C(=C/NCC(=O)O)C(=O)NC(c1ccccc1)c1ccccc1. The van der Waals surface area contributed by atoms with Crippen molar-refractivity contribution in [3.63, 3.8) is 0 Å². The van der Waals surface area contributed by atoms with E-state index in [-0.39, 0.29) is 12.1 Å². The molecule has 0 aliphatic rings. The molecule has 0 radical (unpaired) electrons. The van der Waals surface area contributed by atoms with Gasteiger partial charge < -0.3 is 15.7 Å². The van der Waals surface area contributed by atoms with Crippen LogP contribution in [0.5, 0.6) is 0 Å². The first-order chi connectivity index (χ1) is 12.1. The van der Waals surface area contributed by atoms with Gasteiger partial charge in [0.1, 0.15) is 18.2 Å². The van der Waals surface area contributed by atoms with Gasteiger partial charge in [0.15, 0.2) is 0 Å². The predicted molar refractivity (Wildman–Crippen MR) is 92.2 cm³/mol. The molecule has 1 amide bonds. The molecule has 0 unspecified atom stereocenters. The fourth-order valence-electron chi connectivity index (χ4n) is 2.25. The molecule has 126 valence electrons. The molecule has 2 rings (SSSR count). The first-order valence-electron chi connectivity index (χ1n) is 7.58. The van der Waals surface area contributed by atoms with Crippen molar-refractivity contribution in [2.45, 2.75) is 6.04 Å². The number of rotatable bonds is 7. The largest absolute Gasteiger partial charge is 0.480 e. The van der Waals surface area contributed by atoms with E-state index in [2.05, 4.69) is 10.6 Å². The molecule has 0 aromatic heterocycles. The highest BCUT2D eigenvalue weighted by molar-refractivity contribution is 5.97. The van der Waals surface area contributed by atoms with Crippen LogP contribution < -0.4 is 10.6 Å². The van der Waals surface area contributed by atoms with Crippen molar-refractivity contribution in [3.05, 3.63) is 83.6 Å². The second-order valence-electron chi connectivity index (χ2n) is 5.17. The van der Waals surface area contributed by atoms with Gasteiger partial charge in [-0.15, -0.1) is 0 Å². The Hall–Kier alpha value is -3.59. The predicted octanol–water partition coefficient (Wildman–Crippen LogP) is 1.97. The van der Waals surface area contributed by atoms with Gasteiger partial charge in [0, 0.05) is 6.20 Å². The van der Waals surface area contributed by atoms with Crippen LogP contribution in [0.2, 0.25) is 0 Å². The van der Waals surface area contributed by atoms with Crippen molar-refractivity contribution >= 4 is 11.9 Å². The smallest absolute Gasteiger partial charge is 0.322 e. The van der Waals surface area contributed by atoms with Crippen LogP contribution in [-0.4, -0.2) is 23.5 Å². The van der Waals surface area contributed by atoms with Gasteiger partial charge in [-0.25, -0.2) is 0 Å². The molecule has 0 saturated heterocycles. The quantitative estimate of drug-likeness (QED) is 0.530. The molecule has 6 heteroatoms. The summed E-state index contributed by atoms with van der Waals surface area (Å²) in [7, 11) is 0. The lowest BCUT2D eigenvalue weighted by atomic mass is 9.98. The monoisotopic (exact) mass is 335 g/mol. The van der Waals surface area contributed by atoms with E-state index in [1.807, 2.05) is 60.7 Å². The molecule has 0 aliphatic carbocycles. The third kappa shape index (κ3) is 5.22. The molecule has 0 saturated carbocycles. The number of carbonyl (C=O) groups is 2. The summed E-state index contributed by atoms with van der Waals surface area (Å²) < 4.78 is 0. The summed E-state index contributed by atoms with van der Waals surface area (Å²) in [5.41, 5.74) is 1.55. The average Bonchev–Trinajstić information content (AvgIpc) is 2.64. The molecule has 0 atom stereocenters. The van der Waals surface area contributed by atoms with Crippen LogP contribution in [0.1, 0.15) is 17.2 Å². The van der Waals surface area contributed by atoms with E-state index < -0.39 is 17.9 Å². The van der Waals surface area contributed by atoms with Crippen LogP contribution in [0.15, 0.2) is 72.4 Å². The summed E-state index contributed by atoms with van der Waals surface area (Å²) in [6, 6.07) is 20.1. The number of amides is 1. The van der Waals surface area contributed by atoms with Crippen molar-refractivity contribution in [2.75, 3.05) is 6.54 Å². The van der Waals surface area contributed by atoms with E-state index in [4.69, 9.17) is 10.4 Å². The summed E-state index contributed by atoms with van der Waals surface area (Å²) in [4.78, 5) is 22.9. The normalized spacial score (nSPS) is 10.8. The number of hydrogen-bond acceptors (Lipinski definition) is 4. The van der Waals surface area contributed by atoms with Gasteiger partial charge in [0.2, 0.25) is 0 Å². The lowest BCUT2D eigenvalue weighted by molar-refractivity contribution is -0.135. The third-order valence-electron chi connectivity index (χ3n) is 3.41. The number of benzene rings is 2. The molecule has 3 N–H and O–H groups in total. The lowest BCUT2D eigenvalue weighted by Crippen LogP contribution is -2.31. The molecular weight excluding hydrogens is 318 g/mol. The fraction of sp³-hybridized carbons (Fsp3) is 0.105. The summed E-state index contributed by atoms with van der Waals surface area (Å²) >= 11 is 0. The number of carboxylic acids is 1. The van der Waals surface area contributed by atoms with Crippen molar-refractivity contribution < 1.29 is 14.7 Å². The Bertz CT molecular complexity index is 756. The highest BCUT2D eigenvalue weighted by Crippen LogP contribution is 2.22. The van der Waals surface area contributed by atoms with E-state index in [9.17, 15) is 9.59 Å². The third-order valence-corrected chi connectivity index (χ3v) is 3.41. The number of nitriles is 1. The molecular formula is C19H17N3O3. The Balaban J connectivity index is 2.23.